The minimum atomic E-state index is -8.18. The lowest BCUT2D eigenvalue weighted by Crippen LogP contribution is -2.63. The number of hydrogen-bond donors (Lipinski definition) is 0. The number of alkyl halides is 6. The highest BCUT2D eigenvalue weighted by molar-refractivity contribution is 8.25. The number of hydrogen-bond acceptors (Lipinski definition) is 15. The average molecular weight is 935 g/mol. The predicted octanol–water partition coefficient (Wildman–Crippen LogP) is 3.37. The van der Waals surface area contributed by atoms with E-state index in [1.807, 2.05) is 0 Å². The van der Waals surface area contributed by atoms with Gasteiger partial charge in [0.15, 0.2) is 0 Å². The summed E-state index contributed by atoms with van der Waals surface area (Å²) in [7, 11) is -24.5. The van der Waals surface area contributed by atoms with Crippen LogP contribution in [0, 0.1) is 53.3 Å². The second-order valence-corrected chi connectivity index (χ2v) is 26.5. The molecule has 0 radical (unpaired) electrons. The van der Waals surface area contributed by atoms with Crippen LogP contribution in [0.3, 0.4) is 0 Å². The molecule has 338 valence electrons. The summed E-state index contributed by atoms with van der Waals surface area (Å²) in [6.07, 6.45) is -1.57. The van der Waals surface area contributed by atoms with Gasteiger partial charge in [-0.15, -0.1) is 0 Å². The monoisotopic (exact) mass is 934 g/mol. The maximum Gasteiger partial charge on any atom is 0.442 e. The SMILES string of the molecule is O=C1C2CC3CC1CC(OC(=O)C(F)(F)S(=O)(=O)C(S(=O)(=O)C(F)(F)C(=O)OC14CC5CC(C1)C(=O)C(C5)C4)S(=O)(=O)C(F)(F)C(=O)OC14CC5CC(C1)C(=O)C(C5)C4)(C3)C2. The first-order chi connectivity index (χ1) is 28.0. The summed E-state index contributed by atoms with van der Waals surface area (Å²) in [4.78, 5) is 77.6. The lowest BCUT2D eigenvalue weighted by Gasteiger charge is -2.54. The highest BCUT2D eigenvalue weighted by Gasteiger charge is 2.78. The minimum absolute atomic E-state index is 0.213. The number of Topliss-reactive ketones (excluding diaryl/α,β-unsaturated/α-hetero) is 3. The molecule has 12 fully saturated rings. The molecule has 0 aliphatic heterocycles. The zero-order valence-electron chi connectivity index (χ0n) is 32.0. The number of carbonyl (C=O) groups is 6. The fourth-order valence-electron chi connectivity index (χ4n) is 13.4. The van der Waals surface area contributed by atoms with Crippen LogP contribution < -0.4 is 0 Å². The summed E-state index contributed by atoms with van der Waals surface area (Å²) in [5.74, 6) is -16.7. The maximum absolute atomic E-state index is 16.2. The minimum Gasteiger partial charge on any atom is -0.454 e. The third kappa shape index (κ3) is 6.07. The van der Waals surface area contributed by atoms with Crippen molar-refractivity contribution in [2.75, 3.05) is 0 Å². The Labute approximate surface area is 344 Å². The van der Waals surface area contributed by atoms with Gasteiger partial charge < -0.3 is 14.2 Å². The third-order valence-corrected chi connectivity index (χ3v) is 24.0. The maximum atomic E-state index is 16.2. The van der Waals surface area contributed by atoms with Crippen LogP contribution in [0.4, 0.5) is 26.3 Å². The second kappa shape index (κ2) is 13.0. The molecule has 6 atom stereocenters. The first-order valence-corrected chi connectivity index (χ1v) is 24.8. The van der Waals surface area contributed by atoms with Crippen molar-refractivity contribution in [3.63, 3.8) is 0 Å². The second-order valence-electron chi connectivity index (χ2n) is 19.4. The molecule has 0 aromatic heterocycles. The molecule has 0 heterocycles. The first-order valence-electron chi connectivity index (χ1n) is 20.1. The van der Waals surface area contributed by atoms with Gasteiger partial charge in [0.05, 0.1) is 0 Å². The van der Waals surface area contributed by atoms with Gasteiger partial charge in [-0.3, -0.25) is 14.4 Å². The Kier molecular flexibility index (Phi) is 9.18. The van der Waals surface area contributed by atoms with Crippen LogP contribution in [-0.4, -0.2) is 97.0 Å². The van der Waals surface area contributed by atoms with Gasteiger partial charge in [-0.25, -0.2) is 39.6 Å². The lowest BCUT2D eigenvalue weighted by atomic mass is 9.53. The number of ketones is 3. The molecule has 0 aromatic carbocycles. The summed E-state index contributed by atoms with van der Waals surface area (Å²) in [5, 5.41) is -19.7. The summed E-state index contributed by atoms with van der Waals surface area (Å²) < 4.78 is 189. The highest BCUT2D eigenvalue weighted by atomic mass is 32.3. The van der Waals surface area contributed by atoms with Crippen LogP contribution in [0.25, 0.3) is 0 Å². The molecule has 12 aliphatic rings. The average Bonchev–Trinajstić information content (AvgIpc) is 3.12. The Morgan fingerprint density at radius 1 is 0.426 bits per heavy atom. The molecule has 0 spiro atoms. The molecule has 0 aromatic rings. The van der Waals surface area contributed by atoms with Gasteiger partial charge in [-0.2, -0.15) is 26.3 Å². The van der Waals surface area contributed by atoms with Gasteiger partial charge >= 0.3 is 33.7 Å². The fourth-order valence-corrected chi connectivity index (χ4v) is 21.1. The Bertz CT molecular complexity index is 2090. The molecule has 0 saturated heterocycles. The number of esters is 3. The summed E-state index contributed by atoms with van der Waals surface area (Å²) >= 11 is 0. The van der Waals surface area contributed by atoms with Crippen molar-refractivity contribution in [3.05, 3.63) is 0 Å². The predicted molar refractivity (Wildman–Crippen MR) is 188 cm³/mol. The molecule has 12 saturated carbocycles. The molecule has 61 heavy (non-hydrogen) atoms. The van der Waals surface area contributed by atoms with Gasteiger partial charge in [0.25, 0.3) is 33.4 Å². The third-order valence-electron chi connectivity index (χ3n) is 15.3. The number of halogens is 6. The van der Waals surface area contributed by atoms with Crippen molar-refractivity contribution in [2.45, 2.75) is 133 Å². The van der Waals surface area contributed by atoms with E-state index in [2.05, 4.69) is 0 Å². The van der Waals surface area contributed by atoms with Crippen LogP contribution in [0.15, 0.2) is 0 Å². The number of rotatable bonds is 12. The molecule has 12 aliphatic carbocycles. The van der Waals surface area contributed by atoms with Crippen molar-refractivity contribution >= 4 is 64.8 Å². The smallest absolute Gasteiger partial charge is 0.442 e. The summed E-state index contributed by atoms with van der Waals surface area (Å²) in [6.45, 7) is 0. The number of sulfone groups is 3. The highest BCUT2D eigenvalue weighted by Crippen LogP contribution is 2.59. The van der Waals surface area contributed by atoms with Crippen LogP contribution >= 0.6 is 0 Å². The van der Waals surface area contributed by atoms with Gasteiger partial charge in [0, 0.05) is 35.5 Å². The van der Waals surface area contributed by atoms with E-state index in [1.54, 1.807) is 0 Å². The molecule has 0 amide bonds. The molecule has 15 nitrogen and oxygen atoms in total. The Morgan fingerprint density at radius 3 is 0.820 bits per heavy atom. The van der Waals surface area contributed by atoms with Crippen LogP contribution in [0.5, 0.6) is 0 Å². The topological polar surface area (TPSA) is 233 Å². The van der Waals surface area contributed by atoms with E-state index in [1.165, 1.54) is 0 Å². The van der Waals surface area contributed by atoms with Gasteiger partial charge in [-0.05, 0) is 114 Å². The zero-order chi connectivity index (χ0) is 44.5. The number of ether oxygens (including phenoxy) is 3. The molecule has 12 bridgehead atoms. The summed E-state index contributed by atoms with van der Waals surface area (Å²) in [6, 6.07) is 0. The van der Waals surface area contributed by atoms with Gasteiger partial charge in [-0.1, -0.05) is 0 Å². The molecular formula is C37H40F6O15S3. The quantitative estimate of drug-likeness (QED) is 0.155. The normalized spacial score (nSPS) is 40.6. The van der Waals surface area contributed by atoms with E-state index in [0.717, 1.165) is 0 Å². The van der Waals surface area contributed by atoms with E-state index in [0.29, 0.717) is 0 Å². The molecule has 6 unspecified atom stereocenters. The summed E-state index contributed by atoms with van der Waals surface area (Å²) in [5.41, 5.74) is -5.98. The van der Waals surface area contributed by atoms with Crippen LogP contribution in [0.2, 0.25) is 0 Å². The molecule has 12 rings (SSSR count). The van der Waals surface area contributed by atoms with E-state index in [-0.39, 0.29) is 75.1 Å². The van der Waals surface area contributed by atoms with Crippen LogP contribution in [-0.2, 0) is 72.5 Å². The largest absolute Gasteiger partial charge is 0.454 e. The van der Waals surface area contributed by atoms with Crippen molar-refractivity contribution in [1.29, 1.82) is 0 Å². The van der Waals surface area contributed by atoms with Crippen molar-refractivity contribution in [2.24, 2.45) is 53.3 Å². The van der Waals surface area contributed by atoms with E-state index >= 15 is 26.3 Å². The van der Waals surface area contributed by atoms with E-state index < -0.39 is 176 Å². The van der Waals surface area contributed by atoms with Crippen LogP contribution in [0.1, 0.15) is 96.3 Å². The molecular weight excluding hydrogens is 895 g/mol. The van der Waals surface area contributed by atoms with Gasteiger partial charge in [0.1, 0.15) is 34.2 Å². The lowest BCUT2D eigenvalue weighted by molar-refractivity contribution is -0.201. The Balaban J connectivity index is 1.07. The van der Waals surface area contributed by atoms with E-state index in [9.17, 15) is 54.0 Å². The van der Waals surface area contributed by atoms with Gasteiger partial charge in [0.2, 0.25) is 0 Å². The zero-order valence-corrected chi connectivity index (χ0v) is 34.4. The van der Waals surface area contributed by atoms with Crippen molar-refractivity contribution in [1.82, 2.24) is 0 Å². The molecule has 24 heteroatoms. The Morgan fingerprint density at radius 2 is 0.623 bits per heavy atom. The first kappa shape index (κ1) is 43.1. The van der Waals surface area contributed by atoms with E-state index in [4.69, 9.17) is 14.2 Å². The molecule has 0 N–H and O–H groups in total. The van der Waals surface area contributed by atoms with Crippen molar-refractivity contribution < 1.29 is 94.6 Å². The van der Waals surface area contributed by atoms with Crippen molar-refractivity contribution in [3.8, 4) is 0 Å². The Hall–Kier alpha value is -3.15. The fraction of sp³-hybridized carbons (Fsp3) is 0.838. The standard InChI is InChI=1S/C37H40F6O15S3/c38-35(39,28(47)56-32-7-16-1-19(10-32)25(44)20(2-16)11-32)59(50,51)31(60(52,53)36(40,41)29(48)57-33-8-17-3-21(12-33)26(45)22(4-17)13-33)61(54,55)37(42,43)30(49)58-34-9-18-5-23(14-34)27(46)24(6-18)15-34/h16-24,31H,1-15H2. The number of carbonyl (C=O) groups excluding carboxylic acids is 6.